The van der Waals surface area contributed by atoms with Gasteiger partial charge in [0.25, 0.3) is 11.6 Å². The Balaban J connectivity index is 0.899. The molecule has 1 spiro atoms. The quantitative estimate of drug-likeness (QED) is 0.0528. The van der Waals surface area contributed by atoms with Crippen molar-refractivity contribution < 1.29 is 42.9 Å². The molecular weight excluding hydrogens is 785 g/mol. The largest absolute Gasteiger partial charge is 0.489 e. The fourth-order valence-electron chi connectivity index (χ4n) is 8.13. The van der Waals surface area contributed by atoms with Gasteiger partial charge in [0.15, 0.2) is 5.43 Å². The van der Waals surface area contributed by atoms with E-state index in [0.29, 0.717) is 46.8 Å². The number of ether oxygens (including phenoxy) is 3. The van der Waals surface area contributed by atoms with E-state index in [9.17, 15) is 29.1 Å². The zero-order chi connectivity index (χ0) is 41.8. The minimum Gasteiger partial charge on any atom is -0.489 e. The number of carbonyl (C=O) groups excluding carboxylic acids is 3. The molecule has 0 radical (unpaired) electrons. The number of aliphatic carboxylic acids is 1. The van der Waals surface area contributed by atoms with Crippen molar-refractivity contribution in [2.45, 2.75) is 48.6 Å². The van der Waals surface area contributed by atoms with Gasteiger partial charge in [-0.15, -0.1) is 11.8 Å². The second-order valence-electron chi connectivity index (χ2n) is 15.1. The Bertz CT molecular complexity index is 2780. The van der Waals surface area contributed by atoms with Crippen molar-refractivity contribution in [1.29, 1.82) is 0 Å². The average Bonchev–Trinajstić information content (AvgIpc) is 4.03. The van der Waals surface area contributed by atoms with Crippen molar-refractivity contribution in [3.05, 3.63) is 153 Å². The number of thioether (sulfide) groups is 1. The predicted octanol–water partition coefficient (Wildman–Crippen LogP) is 7.13. The molecule has 60 heavy (non-hydrogen) atoms. The van der Waals surface area contributed by atoms with E-state index in [0.717, 1.165) is 45.1 Å². The van der Waals surface area contributed by atoms with Gasteiger partial charge in [-0.3, -0.25) is 24.1 Å². The van der Waals surface area contributed by atoms with Crippen LogP contribution in [0.5, 0.6) is 11.5 Å². The van der Waals surface area contributed by atoms with Gasteiger partial charge in [-0.25, -0.2) is 4.79 Å². The van der Waals surface area contributed by atoms with Gasteiger partial charge < -0.3 is 29.1 Å². The number of hydrogen-bond acceptors (Lipinski definition) is 10. The molecule has 0 bridgehead atoms. The lowest BCUT2D eigenvalue weighted by Crippen LogP contribution is -2.81. The van der Waals surface area contributed by atoms with Crippen molar-refractivity contribution in [1.82, 2.24) is 10.2 Å². The van der Waals surface area contributed by atoms with Gasteiger partial charge in [-0.05, 0) is 84.5 Å². The minimum absolute atomic E-state index is 0.0393. The maximum atomic E-state index is 13.7. The number of rotatable bonds is 13. The number of benzene rings is 5. The second-order valence-corrected chi connectivity index (χ2v) is 16.6. The summed E-state index contributed by atoms with van der Waals surface area (Å²) in [7, 11) is 1.34. The first-order valence-corrected chi connectivity index (χ1v) is 20.2. The van der Waals surface area contributed by atoms with Crippen LogP contribution in [-0.4, -0.2) is 63.6 Å². The van der Waals surface area contributed by atoms with Gasteiger partial charge in [0.1, 0.15) is 53.4 Å². The molecule has 0 aromatic heterocycles. The summed E-state index contributed by atoms with van der Waals surface area (Å²) in [6.07, 6.45) is 2.23. The molecular formula is C47H38N2O10S. The highest BCUT2D eigenvalue weighted by molar-refractivity contribution is 8.02. The number of carbonyl (C=O) groups is 4. The monoisotopic (exact) mass is 822 g/mol. The molecule has 2 N–H and O–H groups in total. The fourth-order valence-corrected chi connectivity index (χ4v) is 9.93. The first kappa shape index (κ1) is 38.8. The van der Waals surface area contributed by atoms with Crippen molar-refractivity contribution >= 4 is 46.8 Å². The summed E-state index contributed by atoms with van der Waals surface area (Å²) in [5, 5.41) is 13.3. The molecule has 1 saturated heterocycles. The minimum atomic E-state index is -1.69. The van der Waals surface area contributed by atoms with Gasteiger partial charge in [-0.1, -0.05) is 54.6 Å². The first-order chi connectivity index (χ1) is 29.0. The van der Waals surface area contributed by atoms with Crippen LogP contribution in [0.25, 0.3) is 33.4 Å². The molecule has 2 aliphatic carbocycles. The Morgan fingerprint density at radius 2 is 1.62 bits per heavy atom. The molecule has 9 rings (SSSR count). The molecule has 3 heterocycles. The van der Waals surface area contributed by atoms with Crippen LogP contribution < -0.4 is 20.2 Å². The molecule has 13 heteroatoms. The molecule has 2 atom stereocenters. The molecule has 2 fully saturated rings. The molecule has 3 aliphatic heterocycles. The maximum absolute atomic E-state index is 13.7. The van der Waals surface area contributed by atoms with E-state index in [1.165, 1.54) is 35.9 Å². The third-order valence-electron chi connectivity index (χ3n) is 11.3. The number of fused-ring (bicyclic) bond motifs is 3. The van der Waals surface area contributed by atoms with E-state index in [-0.39, 0.29) is 30.8 Å². The zero-order valence-electron chi connectivity index (χ0n) is 32.6. The average molecular weight is 823 g/mol. The fraction of sp³-hybridized carbons (Fsp3) is 0.213. The summed E-state index contributed by atoms with van der Waals surface area (Å²) in [6.45, 7) is 2.11. The Kier molecular flexibility index (Phi) is 9.80. The van der Waals surface area contributed by atoms with Gasteiger partial charge in [-0.2, -0.15) is 0 Å². The lowest BCUT2D eigenvalue weighted by Gasteiger charge is -2.57. The summed E-state index contributed by atoms with van der Waals surface area (Å²) >= 11 is 1.42. The van der Waals surface area contributed by atoms with Crippen LogP contribution in [0.2, 0.25) is 0 Å². The number of aryl methyl sites for hydroxylation is 1. The molecule has 4 aromatic carbocycles. The number of methoxy groups -OCH3 is 1. The lowest BCUT2D eigenvalue weighted by atomic mass is 9.90. The number of nitrogens with zero attached hydrogens (tertiary/aromatic N) is 1. The van der Waals surface area contributed by atoms with Gasteiger partial charge in [0, 0.05) is 51.6 Å². The number of hydrogen-bond donors (Lipinski definition) is 2. The summed E-state index contributed by atoms with van der Waals surface area (Å²) in [5.41, 5.74) is 4.70. The number of nitrogens with one attached hydrogen (secondary N) is 1. The second kappa shape index (κ2) is 15.2. The van der Waals surface area contributed by atoms with Crippen molar-refractivity contribution in [2.75, 3.05) is 13.7 Å². The topological polar surface area (TPSA) is 162 Å². The Morgan fingerprint density at radius 1 is 0.883 bits per heavy atom. The van der Waals surface area contributed by atoms with Crippen LogP contribution >= 0.6 is 11.8 Å². The molecule has 5 aliphatic rings. The highest BCUT2D eigenvalue weighted by Gasteiger charge is 2.71. The maximum Gasteiger partial charge on any atom is 0.352 e. The molecule has 1 saturated carbocycles. The first-order valence-electron chi connectivity index (χ1n) is 19.3. The van der Waals surface area contributed by atoms with Crippen LogP contribution in [0.15, 0.2) is 130 Å². The smallest absolute Gasteiger partial charge is 0.352 e. The van der Waals surface area contributed by atoms with E-state index < -0.39 is 33.6 Å². The Hall–Kier alpha value is -6.70. The van der Waals surface area contributed by atoms with Crippen LogP contribution in [-0.2, 0) is 32.1 Å². The number of carboxylic acids is 1. The third kappa shape index (κ3) is 6.79. The predicted molar refractivity (Wildman–Crippen MR) is 224 cm³/mol. The molecule has 4 aromatic rings. The van der Waals surface area contributed by atoms with Crippen LogP contribution in [0, 0.1) is 6.92 Å². The van der Waals surface area contributed by atoms with E-state index in [1.807, 2.05) is 73.7 Å². The zero-order valence-corrected chi connectivity index (χ0v) is 33.4. The number of carboxylic acid groups (broad SMARTS) is 1. The standard InChI is InChI=1S/C47H38N2O10S/c1-27-20-30(24-50)10-15-34(27)41-35-16-11-31(51)22-38(35)59-39-23-33(14-17-36(39)41)57-25-29-8-12-32(13-9-29)58-26-37-42(43(53)54)49-44(55)47(56-2,45(49)60-46(37)18-19-46)48-40(52)21-28-6-4-3-5-7-28/h3-17,20,22-24,45H,18-19,21,25-26H2,1-2H3,(H,48,52)(H,53,54)/t45-,47+/m1/s1. The summed E-state index contributed by atoms with van der Waals surface area (Å²) in [5.74, 6) is -0.819. The summed E-state index contributed by atoms with van der Waals surface area (Å²) in [6, 6.07) is 32.2. The summed E-state index contributed by atoms with van der Waals surface area (Å²) < 4.78 is 23.7. The van der Waals surface area contributed by atoms with Crippen molar-refractivity contribution in [3.63, 3.8) is 0 Å². The number of β-lactam (4-membered cyclic amide) rings is 1. The van der Waals surface area contributed by atoms with E-state index >= 15 is 0 Å². The van der Waals surface area contributed by atoms with E-state index in [1.54, 1.807) is 30.3 Å². The van der Waals surface area contributed by atoms with Gasteiger partial charge in [0.05, 0.1) is 6.42 Å². The van der Waals surface area contributed by atoms with Gasteiger partial charge in [0.2, 0.25) is 5.91 Å². The lowest BCUT2D eigenvalue weighted by molar-refractivity contribution is -0.192. The third-order valence-corrected chi connectivity index (χ3v) is 13.2. The molecule has 2 amide bonds. The highest BCUT2D eigenvalue weighted by atomic mass is 32.2. The number of aldehydes is 1. The van der Waals surface area contributed by atoms with Crippen molar-refractivity contribution in [2.24, 2.45) is 0 Å². The summed E-state index contributed by atoms with van der Waals surface area (Å²) in [4.78, 5) is 64.6. The SMILES string of the molecule is CO[C@@]1(NC(=O)Cc2ccccc2)C(=O)N2C(C(=O)O)=C(COc3ccc(COc4ccc5c(-c6ccc(C=O)cc6C)c6ccc(=O)cc-6oc5c4)cc3)C3(CC3)S[C@@H]21. The normalized spacial score (nSPS) is 18.9. The van der Waals surface area contributed by atoms with Crippen LogP contribution in [0.1, 0.15) is 39.9 Å². The highest BCUT2D eigenvalue weighted by Crippen LogP contribution is 2.64. The molecule has 302 valence electrons. The molecule has 12 nitrogen and oxygen atoms in total. The van der Waals surface area contributed by atoms with E-state index in [4.69, 9.17) is 18.6 Å². The van der Waals surface area contributed by atoms with E-state index in [2.05, 4.69) is 5.32 Å². The molecule has 0 unspecified atom stereocenters. The Morgan fingerprint density at radius 3 is 2.32 bits per heavy atom. The van der Waals surface area contributed by atoms with Crippen LogP contribution in [0.4, 0.5) is 0 Å². The number of amides is 2. The Labute approximate surface area is 348 Å². The van der Waals surface area contributed by atoms with Crippen LogP contribution in [0.3, 0.4) is 0 Å². The van der Waals surface area contributed by atoms with Gasteiger partial charge >= 0.3 is 5.97 Å². The van der Waals surface area contributed by atoms with Crippen molar-refractivity contribution in [3.8, 4) is 33.9 Å².